The summed E-state index contributed by atoms with van der Waals surface area (Å²) >= 11 is 0. The van der Waals surface area contributed by atoms with Crippen LogP contribution in [0.1, 0.15) is 47.1 Å². The molecule has 2 aromatic rings. The van der Waals surface area contributed by atoms with Crippen LogP contribution in [-0.4, -0.2) is 51.5 Å². The molecule has 142 valence electrons. The van der Waals surface area contributed by atoms with Crippen LogP contribution < -0.4 is 0 Å². The Morgan fingerprint density at radius 2 is 2.08 bits per heavy atom. The minimum Gasteiger partial charge on any atom is -0.381 e. The second kappa shape index (κ2) is 7.66. The predicted molar refractivity (Wildman–Crippen MR) is 101 cm³/mol. The number of likely N-dealkylation sites (tertiary alicyclic amines) is 1. The number of aromatic nitrogens is 3. The van der Waals surface area contributed by atoms with Crippen molar-refractivity contribution in [2.75, 3.05) is 26.3 Å². The second-order valence-electron chi connectivity index (χ2n) is 7.21. The maximum Gasteiger partial charge on any atom is 0.255 e. The number of carbonyl (C=O) groups is 1. The number of hydrogen-bond donors (Lipinski definition) is 0. The van der Waals surface area contributed by atoms with Crippen LogP contribution >= 0.6 is 0 Å². The van der Waals surface area contributed by atoms with Crippen molar-refractivity contribution in [3.8, 4) is 0 Å². The summed E-state index contributed by atoms with van der Waals surface area (Å²) in [6.45, 7) is 11.9. The number of hydrogen-bond acceptors (Lipinski definition) is 3. The lowest BCUT2D eigenvalue weighted by molar-refractivity contribution is 0.0761. The van der Waals surface area contributed by atoms with Gasteiger partial charge >= 0.3 is 0 Å². The third kappa shape index (κ3) is 3.43. The van der Waals surface area contributed by atoms with Gasteiger partial charge in [-0.3, -0.25) is 9.48 Å². The summed E-state index contributed by atoms with van der Waals surface area (Å²) in [4.78, 5) is 15.2. The first-order valence-electron chi connectivity index (χ1n) is 9.48. The smallest absolute Gasteiger partial charge is 0.255 e. The molecule has 0 aromatic carbocycles. The molecule has 3 heterocycles. The molecule has 0 N–H and O–H groups in total. The predicted octanol–water partition coefficient (Wildman–Crippen LogP) is 2.75. The molecule has 1 amide bonds. The third-order valence-electron chi connectivity index (χ3n) is 5.54. The summed E-state index contributed by atoms with van der Waals surface area (Å²) in [5.74, 6) is 0.706. The number of ether oxygens (including phenoxy) is 1. The van der Waals surface area contributed by atoms with Crippen LogP contribution in [0.3, 0.4) is 0 Å². The van der Waals surface area contributed by atoms with Crippen molar-refractivity contribution in [2.45, 2.75) is 40.2 Å². The fourth-order valence-corrected chi connectivity index (χ4v) is 4.16. The van der Waals surface area contributed by atoms with Crippen LogP contribution in [0, 0.1) is 19.8 Å². The van der Waals surface area contributed by atoms with E-state index in [-0.39, 0.29) is 11.8 Å². The Kier molecular flexibility index (Phi) is 5.51. The second-order valence-corrected chi connectivity index (χ2v) is 7.21. The van der Waals surface area contributed by atoms with Crippen molar-refractivity contribution >= 4 is 5.91 Å². The molecule has 2 atom stereocenters. The molecule has 2 aromatic heterocycles. The van der Waals surface area contributed by atoms with Crippen molar-refractivity contribution in [2.24, 2.45) is 13.0 Å². The molecule has 26 heavy (non-hydrogen) atoms. The van der Waals surface area contributed by atoms with E-state index in [1.807, 2.05) is 42.7 Å². The van der Waals surface area contributed by atoms with Crippen LogP contribution in [0.25, 0.3) is 0 Å². The van der Waals surface area contributed by atoms with E-state index in [1.54, 1.807) is 0 Å². The zero-order valence-electron chi connectivity index (χ0n) is 16.5. The quantitative estimate of drug-likeness (QED) is 0.798. The first-order valence-corrected chi connectivity index (χ1v) is 9.48. The Morgan fingerprint density at radius 1 is 1.31 bits per heavy atom. The van der Waals surface area contributed by atoms with Gasteiger partial charge in [0.05, 0.1) is 18.4 Å². The minimum absolute atomic E-state index is 0.130. The molecular formula is C20H30N4O2. The Bertz CT molecular complexity index is 777. The van der Waals surface area contributed by atoms with Gasteiger partial charge in [0, 0.05) is 62.7 Å². The zero-order valence-corrected chi connectivity index (χ0v) is 16.5. The minimum atomic E-state index is 0.130. The number of carbonyl (C=O) groups excluding carboxylic acids is 1. The summed E-state index contributed by atoms with van der Waals surface area (Å²) in [5.41, 5.74) is 4.21. The highest BCUT2D eigenvalue weighted by Gasteiger charge is 2.37. The number of amides is 1. The largest absolute Gasteiger partial charge is 0.381 e. The van der Waals surface area contributed by atoms with Crippen molar-refractivity contribution in [3.05, 3.63) is 41.0 Å². The summed E-state index contributed by atoms with van der Waals surface area (Å²) in [6, 6.07) is 2.02. The van der Waals surface area contributed by atoms with Crippen molar-refractivity contribution in [3.63, 3.8) is 0 Å². The van der Waals surface area contributed by atoms with E-state index >= 15 is 0 Å². The fraction of sp³-hybridized carbons (Fsp3) is 0.600. The maximum atomic E-state index is 13.2. The van der Waals surface area contributed by atoms with Gasteiger partial charge in [-0.1, -0.05) is 0 Å². The van der Waals surface area contributed by atoms with E-state index in [0.29, 0.717) is 19.1 Å². The lowest BCUT2D eigenvalue weighted by Gasteiger charge is -2.16. The summed E-state index contributed by atoms with van der Waals surface area (Å²) < 4.78 is 9.72. The van der Waals surface area contributed by atoms with Gasteiger partial charge in [0.2, 0.25) is 0 Å². The molecule has 1 aliphatic rings. The van der Waals surface area contributed by atoms with Crippen molar-refractivity contribution in [1.82, 2.24) is 19.2 Å². The lowest BCUT2D eigenvalue weighted by Crippen LogP contribution is -2.29. The molecule has 6 heteroatoms. The molecule has 3 rings (SSSR count). The van der Waals surface area contributed by atoms with Gasteiger partial charge in [-0.05, 0) is 39.3 Å². The van der Waals surface area contributed by atoms with Gasteiger partial charge in [-0.2, -0.15) is 5.10 Å². The van der Waals surface area contributed by atoms with Crippen LogP contribution in [-0.2, 0) is 18.3 Å². The first kappa shape index (κ1) is 18.7. The summed E-state index contributed by atoms with van der Waals surface area (Å²) in [5, 5.41) is 4.31. The van der Waals surface area contributed by atoms with Crippen molar-refractivity contribution < 1.29 is 9.53 Å². The lowest BCUT2D eigenvalue weighted by atomic mass is 9.92. The molecule has 0 bridgehead atoms. The van der Waals surface area contributed by atoms with E-state index in [2.05, 4.69) is 29.7 Å². The highest BCUT2D eigenvalue weighted by molar-refractivity contribution is 5.96. The van der Waals surface area contributed by atoms with E-state index in [0.717, 1.165) is 36.6 Å². The fourth-order valence-electron chi connectivity index (χ4n) is 4.16. The van der Waals surface area contributed by atoms with Gasteiger partial charge in [0.15, 0.2) is 0 Å². The Hall–Kier alpha value is -2.08. The van der Waals surface area contributed by atoms with Gasteiger partial charge in [-0.25, -0.2) is 0 Å². The molecule has 0 aliphatic carbocycles. The number of rotatable bonds is 6. The Morgan fingerprint density at radius 3 is 2.65 bits per heavy atom. The summed E-state index contributed by atoms with van der Waals surface area (Å²) in [7, 11) is 1.93. The van der Waals surface area contributed by atoms with E-state index < -0.39 is 0 Å². The molecular weight excluding hydrogens is 328 g/mol. The van der Waals surface area contributed by atoms with Gasteiger partial charge < -0.3 is 14.2 Å². The number of nitrogens with zero attached hydrogens (tertiary/aromatic N) is 4. The maximum absolute atomic E-state index is 13.2. The Labute approximate surface area is 155 Å². The molecule has 0 saturated carbocycles. The van der Waals surface area contributed by atoms with Gasteiger partial charge in [0.1, 0.15) is 0 Å². The topological polar surface area (TPSA) is 52.3 Å². The van der Waals surface area contributed by atoms with Gasteiger partial charge in [0.25, 0.3) is 5.91 Å². The zero-order chi connectivity index (χ0) is 18.8. The first-order chi connectivity index (χ1) is 12.5. The van der Waals surface area contributed by atoms with E-state index in [9.17, 15) is 4.79 Å². The van der Waals surface area contributed by atoms with E-state index in [4.69, 9.17) is 4.74 Å². The molecule has 0 spiro atoms. The van der Waals surface area contributed by atoms with Crippen LogP contribution in [0.2, 0.25) is 0 Å². The molecule has 0 unspecified atom stereocenters. The normalized spacial score (nSPS) is 20.1. The van der Waals surface area contributed by atoms with Crippen LogP contribution in [0.5, 0.6) is 0 Å². The molecule has 1 aliphatic heterocycles. The third-order valence-corrected chi connectivity index (χ3v) is 5.54. The monoisotopic (exact) mass is 358 g/mol. The standard InChI is InChI=1S/C20H30N4O2/c1-6-24-14(3)8-18(15(24)4)20(25)23-11-17(13-26-7-2)19(12-23)16-9-21-22(5)10-16/h8-10,17,19H,6-7,11-13H2,1-5H3/t17-,19-/m0/s1. The molecule has 1 fully saturated rings. The van der Waals surface area contributed by atoms with Gasteiger partial charge in [-0.15, -0.1) is 0 Å². The highest BCUT2D eigenvalue weighted by atomic mass is 16.5. The highest BCUT2D eigenvalue weighted by Crippen LogP contribution is 2.34. The average molecular weight is 358 g/mol. The number of aryl methyl sites for hydroxylation is 2. The molecule has 0 radical (unpaired) electrons. The Balaban J connectivity index is 1.83. The average Bonchev–Trinajstić information content (AvgIpc) is 3.30. The van der Waals surface area contributed by atoms with E-state index in [1.165, 1.54) is 5.56 Å². The van der Waals surface area contributed by atoms with Crippen LogP contribution in [0.15, 0.2) is 18.5 Å². The van der Waals surface area contributed by atoms with Crippen LogP contribution in [0.4, 0.5) is 0 Å². The summed E-state index contributed by atoms with van der Waals surface area (Å²) in [6.07, 6.45) is 3.97. The molecule has 1 saturated heterocycles. The SMILES string of the molecule is CCOC[C@@H]1CN(C(=O)c2cc(C)n(CC)c2C)C[C@H]1c1cnn(C)c1. The molecule has 6 nitrogen and oxygen atoms in total. The van der Waals surface area contributed by atoms with Crippen molar-refractivity contribution in [1.29, 1.82) is 0 Å².